The smallest absolute Gasteiger partial charge is 0.265 e. The molecule has 1 N–H and O–H groups in total. The van der Waals surface area contributed by atoms with E-state index < -0.39 is 10.5 Å². The van der Waals surface area contributed by atoms with E-state index in [1.165, 1.54) is 25.3 Å². The molecule has 0 aliphatic heterocycles. The van der Waals surface area contributed by atoms with Crippen LogP contribution in [0, 0.1) is 21.8 Å². The predicted octanol–water partition coefficient (Wildman–Crippen LogP) is 1.40. The third kappa shape index (κ3) is 2.67. The molecule has 0 atom stereocenters. The van der Waals surface area contributed by atoms with Crippen LogP contribution in [0.1, 0.15) is 11.3 Å². The second-order valence-corrected chi connectivity index (χ2v) is 4.18. The maximum Gasteiger partial charge on any atom is 0.296 e. The SMILES string of the molecule is Cc1n[nH]c(=S)n(/N=C\c2ccccc2[N+](=O)[O-])c1=O. The van der Waals surface area contributed by atoms with Crippen molar-refractivity contribution in [2.75, 3.05) is 0 Å². The van der Waals surface area contributed by atoms with Crippen LogP contribution in [0.2, 0.25) is 0 Å². The molecular weight excluding hydrogens is 282 g/mol. The zero-order valence-electron chi connectivity index (χ0n) is 10.3. The maximum absolute atomic E-state index is 11.8. The largest absolute Gasteiger partial charge is 0.296 e. The molecule has 0 saturated carbocycles. The van der Waals surface area contributed by atoms with Crippen molar-refractivity contribution in [2.24, 2.45) is 5.10 Å². The fraction of sp³-hybridized carbons (Fsp3) is 0.0909. The summed E-state index contributed by atoms with van der Waals surface area (Å²) in [5.74, 6) is 0. The second-order valence-electron chi connectivity index (χ2n) is 3.79. The van der Waals surface area contributed by atoms with Gasteiger partial charge in [-0.3, -0.25) is 20.0 Å². The molecular formula is C11H9N5O3S. The molecule has 0 saturated heterocycles. The Morgan fingerprint density at radius 1 is 1.50 bits per heavy atom. The zero-order valence-corrected chi connectivity index (χ0v) is 11.1. The quantitative estimate of drug-likeness (QED) is 0.398. The molecule has 9 heteroatoms. The van der Waals surface area contributed by atoms with Crippen LogP contribution in [-0.2, 0) is 0 Å². The number of nitro benzene ring substituents is 1. The number of nitrogens with zero attached hydrogens (tertiary/aromatic N) is 4. The molecule has 0 bridgehead atoms. The van der Waals surface area contributed by atoms with E-state index in [0.717, 1.165) is 4.68 Å². The molecule has 0 aliphatic carbocycles. The number of H-pyrrole nitrogens is 1. The fourth-order valence-electron chi connectivity index (χ4n) is 1.46. The molecule has 20 heavy (non-hydrogen) atoms. The molecule has 0 aliphatic rings. The highest BCUT2D eigenvalue weighted by molar-refractivity contribution is 7.71. The number of nitrogens with one attached hydrogen (secondary N) is 1. The van der Waals surface area contributed by atoms with Gasteiger partial charge in [0.05, 0.1) is 16.7 Å². The van der Waals surface area contributed by atoms with Crippen molar-refractivity contribution in [2.45, 2.75) is 6.92 Å². The van der Waals surface area contributed by atoms with Crippen molar-refractivity contribution in [1.82, 2.24) is 14.9 Å². The van der Waals surface area contributed by atoms with E-state index in [4.69, 9.17) is 12.2 Å². The Hall–Kier alpha value is -2.68. The average molecular weight is 291 g/mol. The molecule has 0 amide bonds. The van der Waals surface area contributed by atoms with Crippen LogP contribution in [0.3, 0.4) is 0 Å². The van der Waals surface area contributed by atoms with Gasteiger partial charge in [0.2, 0.25) is 4.77 Å². The monoisotopic (exact) mass is 291 g/mol. The Labute approximate surface area is 117 Å². The Balaban J connectivity index is 2.51. The van der Waals surface area contributed by atoms with Gasteiger partial charge in [-0.15, -0.1) is 0 Å². The summed E-state index contributed by atoms with van der Waals surface area (Å²) in [6.45, 7) is 1.50. The number of aryl methyl sites for hydroxylation is 1. The predicted molar refractivity (Wildman–Crippen MR) is 74.5 cm³/mol. The summed E-state index contributed by atoms with van der Waals surface area (Å²) < 4.78 is 0.935. The second kappa shape index (κ2) is 5.53. The Morgan fingerprint density at radius 2 is 2.20 bits per heavy atom. The molecule has 102 valence electrons. The van der Waals surface area contributed by atoms with E-state index in [2.05, 4.69) is 15.3 Å². The summed E-state index contributed by atoms with van der Waals surface area (Å²) in [7, 11) is 0. The van der Waals surface area contributed by atoms with E-state index in [1.54, 1.807) is 12.1 Å². The number of benzene rings is 1. The lowest BCUT2D eigenvalue weighted by atomic mass is 10.2. The Kier molecular flexibility index (Phi) is 3.80. The van der Waals surface area contributed by atoms with Gasteiger partial charge in [0.15, 0.2) is 0 Å². The van der Waals surface area contributed by atoms with Gasteiger partial charge in [-0.2, -0.15) is 14.9 Å². The van der Waals surface area contributed by atoms with Crippen molar-refractivity contribution in [3.8, 4) is 0 Å². The lowest BCUT2D eigenvalue weighted by Crippen LogP contribution is -2.22. The van der Waals surface area contributed by atoms with Crippen LogP contribution in [-0.4, -0.2) is 26.0 Å². The van der Waals surface area contributed by atoms with Gasteiger partial charge in [0.1, 0.15) is 5.69 Å². The van der Waals surface area contributed by atoms with Gasteiger partial charge in [0, 0.05) is 6.07 Å². The minimum atomic E-state index is -0.525. The summed E-state index contributed by atoms with van der Waals surface area (Å²) in [5, 5.41) is 20.9. The van der Waals surface area contributed by atoms with E-state index >= 15 is 0 Å². The van der Waals surface area contributed by atoms with E-state index in [1.807, 2.05) is 0 Å². The highest BCUT2D eigenvalue weighted by atomic mass is 32.1. The minimum Gasteiger partial charge on any atom is -0.265 e. The van der Waals surface area contributed by atoms with Crippen LogP contribution >= 0.6 is 12.2 Å². The molecule has 0 radical (unpaired) electrons. The van der Waals surface area contributed by atoms with E-state index in [9.17, 15) is 14.9 Å². The van der Waals surface area contributed by atoms with Crippen LogP contribution in [0.25, 0.3) is 0 Å². The third-order valence-electron chi connectivity index (χ3n) is 2.46. The van der Waals surface area contributed by atoms with Gasteiger partial charge in [-0.05, 0) is 25.2 Å². The van der Waals surface area contributed by atoms with Gasteiger partial charge in [-0.1, -0.05) is 12.1 Å². The number of para-hydroxylation sites is 1. The number of hydrogen-bond acceptors (Lipinski definition) is 6. The Bertz CT molecular complexity index is 808. The highest BCUT2D eigenvalue weighted by Gasteiger charge is 2.10. The highest BCUT2D eigenvalue weighted by Crippen LogP contribution is 2.15. The van der Waals surface area contributed by atoms with E-state index in [0.29, 0.717) is 0 Å². The minimum absolute atomic E-state index is 0.00966. The zero-order chi connectivity index (χ0) is 14.7. The standard InChI is InChI=1S/C11H9N5O3S/c1-7-10(17)15(11(20)14-13-7)12-6-8-4-2-3-5-9(8)16(18)19/h2-6H,1H3,(H,14,20)/b12-6-. The first-order valence-electron chi connectivity index (χ1n) is 5.47. The third-order valence-corrected chi connectivity index (χ3v) is 2.72. The topological polar surface area (TPSA) is 106 Å². The number of hydrogen-bond donors (Lipinski definition) is 1. The average Bonchev–Trinajstić information content (AvgIpc) is 2.43. The van der Waals surface area contributed by atoms with Crippen molar-refractivity contribution < 1.29 is 4.92 Å². The molecule has 1 aromatic heterocycles. The van der Waals surface area contributed by atoms with Crippen LogP contribution in [0.5, 0.6) is 0 Å². The Morgan fingerprint density at radius 3 is 2.90 bits per heavy atom. The first-order chi connectivity index (χ1) is 9.50. The maximum atomic E-state index is 11.8. The van der Waals surface area contributed by atoms with Crippen molar-refractivity contribution >= 4 is 24.1 Å². The van der Waals surface area contributed by atoms with Crippen LogP contribution < -0.4 is 5.56 Å². The molecule has 2 aromatic rings. The summed E-state index contributed by atoms with van der Waals surface area (Å²) in [6.07, 6.45) is 1.21. The summed E-state index contributed by atoms with van der Waals surface area (Å²) >= 11 is 4.90. The summed E-state index contributed by atoms with van der Waals surface area (Å²) in [6, 6.07) is 6.05. The molecule has 1 aromatic carbocycles. The fourth-order valence-corrected chi connectivity index (χ4v) is 1.64. The summed E-state index contributed by atoms with van der Waals surface area (Å²) in [4.78, 5) is 22.1. The van der Waals surface area contributed by atoms with Crippen LogP contribution in [0.15, 0.2) is 34.2 Å². The molecule has 8 nitrogen and oxygen atoms in total. The first-order valence-corrected chi connectivity index (χ1v) is 5.87. The summed E-state index contributed by atoms with van der Waals surface area (Å²) in [5.41, 5.74) is -0.125. The van der Waals surface area contributed by atoms with Crippen molar-refractivity contribution in [1.29, 1.82) is 0 Å². The molecule has 2 rings (SSSR count). The lowest BCUT2D eigenvalue weighted by Gasteiger charge is -1.99. The van der Waals surface area contributed by atoms with Gasteiger partial charge in [0.25, 0.3) is 11.2 Å². The molecule has 0 unspecified atom stereocenters. The number of nitro groups is 1. The molecule has 1 heterocycles. The van der Waals surface area contributed by atoms with Gasteiger partial charge >= 0.3 is 0 Å². The van der Waals surface area contributed by atoms with Crippen molar-refractivity contribution in [3.63, 3.8) is 0 Å². The number of aromatic nitrogens is 3. The number of aromatic amines is 1. The number of rotatable bonds is 3. The first kappa shape index (κ1) is 13.7. The van der Waals surface area contributed by atoms with Gasteiger partial charge < -0.3 is 0 Å². The normalized spacial score (nSPS) is 10.8. The van der Waals surface area contributed by atoms with E-state index in [-0.39, 0.29) is 21.7 Å². The van der Waals surface area contributed by atoms with Gasteiger partial charge in [-0.25, -0.2) is 0 Å². The van der Waals surface area contributed by atoms with Crippen molar-refractivity contribution in [3.05, 3.63) is 60.8 Å². The lowest BCUT2D eigenvalue weighted by molar-refractivity contribution is -0.385. The molecule has 0 fully saturated rings. The molecule has 0 spiro atoms. The van der Waals surface area contributed by atoms with Crippen LogP contribution in [0.4, 0.5) is 5.69 Å².